The average molecular weight is 273 g/mol. The quantitative estimate of drug-likeness (QED) is 0.896. The molecule has 1 aromatic carbocycles. The van der Waals surface area contributed by atoms with Crippen LogP contribution in [0.25, 0.3) is 11.4 Å². The van der Waals surface area contributed by atoms with E-state index < -0.39 is 0 Å². The van der Waals surface area contributed by atoms with Crippen LogP contribution < -0.4 is 10.1 Å². The lowest BCUT2D eigenvalue weighted by molar-refractivity contribution is 0.318. The summed E-state index contributed by atoms with van der Waals surface area (Å²) in [4.78, 5) is 8.99. The van der Waals surface area contributed by atoms with E-state index in [-0.39, 0.29) is 5.75 Å². The summed E-state index contributed by atoms with van der Waals surface area (Å²) >= 11 is 0. The molecule has 2 rings (SSSR count). The summed E-state index contributed by atoms with van der Waals surface area (Å²) in [7, 11) is 1.83. The lowest BCUT2D eigenvalue weighted by atomic mass is 10.1. The third kappa shape index (κ3) is 2.66. The van der Waals surface area contributed by atoms with Crippen LogP contribution in [-0.2, 0) is 0 Å². The molecule has 0 radical (unpaired) electrons. The number of anilines is 1. The molecule has 106 valence electrons. The number of hydrogen-bond acceptors (Lipinski definition) is 5. The predicted molar refractivity (Wildman–Crippen MR) is 79.3 cm³/mol. The summed E-state index contributed by atoms with van der Waals surface area (Å²) in [6.45, 7) is 6.29. The number of phenols is 1. The Bertz CT molecular complexity index is 627. The van der Waals surface area contributed by atoms with Gasteiger partial charge in [-0.15, -0.1) is 0 Å². The molecular formula is C15H19N3O2. The molecule has 1 aromatic heterocycles. The monoisotopic (exact) mass is 273 g/mol. The molecule has 5 heteroatoms. The van der Waals surface area contributed by atoms with Gasteiger partial charge in [0.15, 0.2) is 17.3 Å². The number of aromatic hydroxyl groups is 1. The van der Waals surface area contributed by atoms with E-state index in [1.807, 2.05) is 27.8 Å². The molecule has 5 nitrogen and oxygen atoms in total. The Morgan fingerprint density at radius 1 is 1.25 bits per heavy atom. The van der Waals surface area contributed by atoms with Gasteiger partial charge in [-0.2, -0.15) is 0 Å². The fourth-order valence-electron chi connectivity index (χ4n) is 1.93. The Balaban J connectivity index is 2.51. The van der Waals surface area contributed by atoms with E-state index >= 15 is 0 Å². The maximum absolute atomic E-state index is 9.73. The maximum atomic E-state index is 9.73. The lowest BCUT2D eigenvalue weighted by Gasteiger charge is -2.11. The van der Waals surface area contributed by atoms with Gasteiger partial charge in [-0.3, -0.25) is 0 Å². The van der Waals surface area contributed by atoms with Crippen LogP contribution in [-0.4, -0.2) is 28.7 Å². The van der Waals surface area contributed by atoms with Gasteiger partial charge in [0.1, 0.15) is 5.82 Å². The minimum atomic E-state index is 0.119. The van der Waals surface area contributed by atoms with Crippen LogP contribution in [0.4, 0.5) is 5.82 Å². The fraction of sp³-hybridized carbons (Fsp3) is 0.333. The van der Waals surface area contributed by atoms with E-state index in [0.717, 1.165) is 22.6 Å². The number of hydrogen-bond donors (Lipinski definition) is 2. The molecule has 0 aliphatic rings. The minimum absolute atomic E-state index is 0.119. The first-order valence-electron chi connectivity index (χ1n) is 6.56. The van der Waals surface area contributed by atoms with E-state index in [1.54, 1.807) is 18.2 Å². The molecule has 2 aromatic rings. The van der Waals surface area contributed by atoms with Crippen molar-refractivity contribution in [2.75, 3.05) is 19.0 Å². The molecule has 0 bridgehead atoms. The Labute approximate surface area is 118 Å². The molecule has 2 N–H and O–H groups in total. The van der Waals surface area contributed by atoms with Crippen molar-refractivity contribution in [2.45, 2.75) is 20.8 Å². The molecule has 0 atom stereocenters. The number of benzene rings is 1. The van der Waals surface area contributed by atoms with Gasteiger partial charge in [-0.25, -0.2) is 9.97 Å². The highest BCUT2D eigenvalue weighted by Crippen LogP contribution is 2.31. The summed E-state index contributed by atoms with van der Waals surface area (Å²) in [5, 5.41) is 12.8. The van der Waals surface area contributed by atoms with Crippen LogP contribution in [0, 0.1) is 13.8 Å². The highest BCUT2D eigenvalue weighted by atomic mass is 16.5. The molecule has 0 amide bonds. The third-order valence-electron chi connectivity index (χ3n) is 3.14. The Morgan fingerprint density at radius 2 is 2.00 bits per heavy atom. The number of phenolic OH excluding ortho intramolecular Hbond substituents is 1. The lowest BCUT2D eigenvalue weighted by Crippen LogP contribution is -2.03. The minimum Gasteiger partial charge on any atom is -0.504 e. The number of rotatable bonds is 4. The van der Waals surface area contributed by atoms with Crippen LogP contribution in [0.3, 0.4) is 0 Å². The van der Waals surface area contributed by atoms with Crippen LogP contribution in [0.2, 0.25) is 0 Å². The first-order valence-corrected chi connectivity index (χ1v) is 6.56. The molecular weight excluding hydrogens is 254 g/mol. The second kappa shape index (κ2) is 5.77. The van der Waals surface area contributed by atoms with Crippen molar-refractivity contribution in [1.82, 2.24) is 9.97 Å². The summed E-state index contributed by atoms with van der Waals surface area (Å²) in [6, 6.07) is 5.13. The van der Waals surface area contributed by atoms with Gasteiger partial charge in [0.2, 0.25) is 0 Å². The van der Waals surface area contributed by atoms with Crippen molar-refractivity contribution in [3.8, 4) is 22.9 Å². The van der Waals surface area contributed by atoms with Crippen molar-refractivity contribution < 1.29 is 9.84 Å². The molecule has 0 aliphatic heterocycles. The van der Waals surface area contributed by atoms with E-state index in [1.165, 1.54) is 0 Å². The molecule has 20 heavy (non-hydrogen) atoms. The first-order chi connectivity index (χ1) is 9.56. The van der Waals surface area contributed by atoms with Crippen molar-refractivity contribution >= 4 is 5.82 Å². The highest BCUT2D eigenvalue weighted by Gasteiger charge is 2.11. The SMILES string of the molecule is CCOc1cc(-c2nc(C)c(C)c(NC)n2)ccc1O. The predicted octanol–water partition coefficient (Wildman–Crippen LogP) is 2.91. The number of aryl methyl sites for hydroxylation is 1. The highest BCUT2D eigenvalue weighted by molar-refractivity contribution is 5.63. The van der Waals surface area contributed by atoms with Crippen LogP contribution in [0.15, 0.2) is 18.2 Å². The number of aromatic nitrogens is 2. The standard InChI is InChI=1S/C15H19N3O2/c1-5-20-13-8-11(6-7-12(13)19)15-17-10(3)9(2)14(16-4)18-15/h6-8,19H,5H2,1-4H3,(H,16,17,18). The largest absolute Gasteiger partial charge is 0.504 e. The van der Waals surface area contributed by atoms with Gasteiger partial charge < -0.3 is 15.2 Å². The smallest absolute Gasteiger partial charge is 0.161 e. The van der Waals surface area contributed by atoms with Crippen LogP contribution >= 0.6 is 0 Å². The zero-order chi connectivity index (χ0) is 14.7. The Kier molecular flexibility index (Phi) is 4.08. The van der Waals surface area contributed by atoms with Crippen molar-refractivity contribution in [3.63, 3.8) is 0 Å². The summed E-state index contributed by atoms with van der Waals surface area (Å²) < 4.78 is 5.39. The first kappa shape index (κ1) is 14.1. The van der Waals surface area contributed by atoms with Crippen molar-refractivity contribution in [3.05, 3.63) is 29.5 Å². The van der Waals surface area contributed by atoms with E-state index in [0.29, 0.717) is 18.2 Å². The van der Waals surface area contributed by atoms with Gasteiger partial charge in [-0.1, -0.05) is 0 Å². The molecule has 1 heterocycles. The fourth-order valence-corrected chi connectivity index (χ4v) is 1.93. The maximum Gasteiger partial charge on any atom is 0.161 e. The van der Waals surface area contributed by atoms with Gasteiger partial charge in [0.25, 0.3) is 0 Å². The normalized spacial score (nSPS) is 10.4. The zero-order valence-corrected chi connectivity index (χ0v) is 12.2. The third-order valence-corrected chi connectivity index (χ3v) is 3.14. The Morgan fingerprint density at radius 3 is 2.65 bits per heavy atom. The Hall–Kier alpha value is -2.30. The zero-order valence-electron chi connectivity index (χ0n) is 12.2. The molecule has 0 aliphatic carbocycles. The molecule has 0 saturated heterocycles. The van der Waals surface area contributed by atoms with Crippen LogP contribution in [0.5, 0.6) is 11.5 Å². The number of nitrogens with one attached hydrogen (secondary N) is 1. The molecule has 0 fully saturated rings. The molecule has 0 spiro atoms. The molecule has 0 unspecified atom stereocenters. The molecule has 0 saturated carbocycles. The van der Waals surface area contributed by atoms with Gasteiger partial charge in [0.05, 0.1) is 6.61 Å². The van der Waals surface area contributed by atoms with Crippen molar-refractivity contribution in [1.29, 1.82) is 0 Å². The van der Waals surface area contributed by atoms with E-state index in [4.69, 9.17) is 4.74 Å². The topological polar surface area (TPSA) is 67.3 Å². The second-order valence-electron chi connectivity index (χ2n) is 4.47. The summed E-state index contributed by atoms with van der Waals surface area (Å²) in [6.07, 6.45) is 0. The van der Waals surface area contributed by atoms with Crippen molar-refractivity contribution in [2.24, 2.45) is 0 Å². The van der Waals surface area contributed by atoms with Gasteiger partial charge in [-0.05, 0) is 39.0 Å². The van der Waals surface area contributed by atoms with Gasteiger partial charge >= 0.3 is 0 Å². The average Bonchev–Trinajstić information content (AvgIpc) is 2.44. The summed E-state index contributed by atoms with van der Waals surface area (Å²) in [5.74, 6) is 1.98. The van der Waals surface area contributed by atoms with Crippen LogP contribution in [0.1, 0.15) is 18.2 Å². The summed E-state index contributed by atoms with van der Waals surface area (Å²) in [5.41, 5.74) is 2.76. The van der Waals surface area contributed by atoms with E-state index in [2.05, 4.69) is 15.3 Å². The second-order valence-corrected chi connectivity index (χ2v) is 4.47. The van der Waals surface area contributed by atoms with E-state index in [9.17, 15) is 5.11 Å². The number of nitrogens with zero attached hydrogens (tertiary/aromatic N) is 2. The number of ether oxygens (including phenoxy) is 1. The van der Waals surface area contributed by atoms with Gasteiger partial charge in [0, 0.05) is 23.9 Å².